The SMILES string of the molecule is O=C(COCC(F)(F)F)NC1CCN(C2CCCCC2O)CC1. The van der Waals surface area contributed by atoms with Gasteiger partial charge < -0.3 is 15.2 Å². The summed E-state index contributed by atoms with van der Waals surface area (Å²) in [6.07, 6.45) is 0.860. The minimum atomic E-state index is -4.41. The lowest BCUT2D eigenvalue weighted by Crippen LogP contribution is -2.52. The fourth-order valence-electron chi connectivity index (χ4n) is 3.42. The first-order chi connectivity index (χ1) is 10.8. The molecule has 0 radical (unpaired) electrons. The van der Waals surface area contributed by atoms with Crippen molar-refractivity contribution >= 4 is 5.91 Å². The van der Waals surface area contributed by atoms with E-state index in [-0.39, 0.29) is 18.2 Å². The van der Waals surface area contributed by atoms with E-state index in [2.05, 4.69) is 15.0 Å². The van der Waals surface area contributed by atoms with Gasteiger partial charge in [-0.05, 0) is 25.7 Å². The Kier molecular flexibility index (Phi) is 6.67. The lowest BCUT2D eigenvalue weighted by atomic mass is 9.89. The van der Waals surface area contributed by atoms with E-state index in [1.165, 1.54) is 0 Å². The number of aliphatic hydroxyl groups excluding tert-OH is 1. The zero-order chi connectivity index (χ0) is 16.9. The zero-order valence-corrected chi connectivity index (χ0v) is 13.1. The Bertz CT molecular complexity index is 385. The van der Waals surface area contributed by atoms with Crippen LogP contribution >= 0.6 is 0 Å². The molecule has 0 aromatic heterocycles. The fourth-order valence-corrected chi connectivity index (χ4v) is 3.42. The first kappa shape index (κ1) is 18.5. The van der Waals surface area contributed by atoms with E-state index in [1.807, 2.05) is 0 Å². The van der Waals surface area contributed by atoms with Crippen LogP contribution in [0.4, 0.5) is 13.2 Å². The number of alkyl halides is 3. The normalized spacial score (nSPS) is 27.8. The monoisotopic (exact) mass is 338 g/mol. The van der Waals surface area contributed by atoms with Gasteiger partial charge in [-0.2, -0.15) is 13.2 Å². The molecule has 134 valence electrons. The summed E-state index contributed by atoms with van der Waals surface area (Å²) in [5.74, 6) is -0.509. The molecule has 1 heterocycles. The molecule has 8 heteroatoms. The quantitative estimate of drug-likeness (QED) is 0.797. The van der Waals surface area contributed by atoms with E-state index < -0.39 is 25.3 Å². The van der Waals surface area contributed by atoms with Gasteiger partial charge >= 0.3 is 6.18 Å². The average Bonchev–Trinajstić information content (AvgIpc) is 2.47. The standard InChI is InChI=1S/C15H25F3N2O3/c16-15(17,18)10-23-9-14(22)19-11-5-7-20(8-6-11)12-3-1-2-4-13(12)21/h11-13,21H,1-10H2,(H,19,22). The molecule has 1 aliphatic carbocycles. The van der Waals surface area contributed by atoms with E-state index in [4.69, 9.17) is 0 Å². The largest absolute Gasteiger partial charge is 0.411 e. The number of halogens is 3. The van der Waals surface area contributed by atoms with Gasteiger partial charge in [0.15, 0.2) is 0 Å². The van der Waals surface area contributed by atoms with E-state index >= 15 is 0 Å². The summed E-state index contributed by atoms with van der Waals surface area (Å²) in [5, 5.41) is 12.8. The number of amides is 1. The highest BCUT2D eigenvalue weighted by Crippen LogP contribution is 2.25. The Labute approximate surface area is 134 Å². The molecule has 1 amide bonds. The van der Waals surface area contributed by atoms with E-state index in [9.17, 15) is 23.1 Å². The van der Waals surface area contributed by atoms with Gasteiger partial charge in [0, 0.05) is 25.2 Å². The molecule has 2 aliphatic rings. The third kappa shape index (κ3) is 6.27. The number of rotatable bonds is 5. The van der Waals surface area contributed by atoms with Crippen LogP contribution in [-0.4, -0.2) is 66.6 Å². The number of nitrogens with one attached hydrogen (secondary N) is 1. The van der Waals surface area contributed by atoms with Gasteiger partial charge in [0.1, 0.15) is 13.2 Å². The van der Waals surface area contributed by atoms with Gasteiger partial charge in [-0.1, -0.05) is 12.8 Å². The van der Waals surface area contributed by atoms with Crippen molar-refractivity contribution in [3.8, 4) is 0 Å². The number of hydrogen-bond acceptors (Lipinski definition) is 4. The average molecular weight is 338 g/mol. The van der Waals surface area contributed by atoms with Crippen LogP contribution in [0, 0.1) is 0 Å². The Morgan fingerprint density at radius 3 is 2.43 bits per heavy atom. The van der Waals surface area contributed by atoms with Gasteiger partial charge in [0.05, 0.1) is 6.10 Å². The van der Waals surface area contributed by atoms with Crippen molar-refractivity contribution in [3.05, 3.63) is 0 Å². The number of likely N-dealkylation sites (tertiary alicyclic amines) is 1. The second kappa shape index (κ2) is 8.30. The van der Waals surface area contributed by atoms with Crippen LogP contribution in [-0.2, 0) is 9.53 Å². The van der Waals surface area contributed by atoms with Crippen molar-refractivity contribution in [2.75, 3.05) is 26.3 Å². The summed E-state index contributed by atoms with van der Waals surface area (Å²) in [7, 11) is 0. The molecular formula is C15H25F3N2O3. The highest BCUT2D eigenvalue weighted by atomic mass is 19.4. The summed E-state index contributed by atoms with van der Waals surface area (Å²) in [6.45, 7) is -0.397. The van der Waals surface area contributed by atoms with Gasteiger partial charge in [0.2, 0.25) is 5.91 Å². The van der Waals surface area contributed by atoms with Crippen LogP contribution in [0.5, 0.6) is 0 Å². The number of nitrogens with zero attached hydrogens (tertiary/aromatic N) is 1. The second-order valence-electron chi connectivity index (χ2n) is 6.40. The third-order valence-corrected chi connectivity index (χ3v) is 4.56. The Morgan fingerprint density at radius 1 is 1.17 bits per heavy atom. The van der Waals surface area contributed by atoms with Crippen molar-refractivity contribution < 1.29 is 27.8 Å². The van der Waals surface area contributed by atoms with Crippen molar-refractivity contribution in [1.82, 2.24) is 10.2 Å². The maximum atomic E-state index is 11.9. The minimum Gasteiger partial charge on any atom is -0.391 e. The number of piperidine rings is 1. The van der Waals surface area contributed by atoms with Crippen LogP contribution < -0.4 is 5.32 Å². The van der Waals surface area contributed by atoms with E-state index in [1.54, 1.807) is 0 Å². The summed E-state index contributed by atoms with van der Waals surface area (Å²) < 4.78 is 40.2. The molecule has 2 rings (SSSR count). The number of ether oxygens (including phenoxy) is 1. The maximum Gasteiger partial charge on any atom is 0.411 e. The van der Waals surface area contributed by atoms with Crippen LogP contribution in [0.1, 0.15) is 38.5 Å². The van der Waals surface area contributed by atoms with Crippen molar-refractivity contribution in [2.24, 2.45) is 0 Å². The van der Waals surface area contributed by atoms with Crippen molar-refractivity contribution in [2.45, 2.75) is 62.9 Å². The lowest BCUT2D eigenvalue weighted by Gasteiger charge is -2.41. The zero-order valence-electron chi connectivity index (χ0n) is 13.1. The summed E-state index contributed by atoms with van der Waals surface area (Å²) in [6, 6.07) is 0.171. The summed E-state index contributed by atoms with van der Waals surface area (Å²) >= 11 is 0. The van der Waals surface area contributed by atoms with Crippen molar-refractivity contribution in [3.63, 3.8) is 0 Å². The topological polar surface area (TPSA) is 61.8 Å². The number of carbonyl (C=O) groups is 1. The molecule has 0 bridgehead atoms. The molecule has 0 spiro atoms. The number of carbonyl (C=O) groups excluding carboxylic acids is 1. The maximum absolute atomic E-state index is 11.9. The molecule has 2 unspecified atom stereocenters. The molecule has 1 saturated heterocycles. The van der Waals surface area contributed by atoms with E-state index in [0.717, 1.165) is 51.6 Å². The highest BCUT2D eigenvalue weighted by Gasteiger charge is 2.32. The van der Waals surface area contributed by atoms with E-state index in [0.29, 0.717) is 0 Å². The molecule has 1 aliphatic heterocycles. The lowest BCUT2D eigenvalue weighted by molar-refractivity contribution is -0.175. The molecule has 1 saturated carbocycles. The first-order valence-electron chi connectivity index (χ1n) is 8.21. The number of aliphatic hydroxyl groups is 1. The Morgan fingerprint density at radius 2 is 1.83 bits per heavy atom. The van der Waals surface area contributed by atoms with Gasteiger partial charge in [0.25, 0.3) is 0 Å². The first-order valence-corrected chi connectivity index (χ1v) is 8.21. The van der Waals surface area contributed by atoms with Crippen molar-refractivity contribution in [1.29, 1.82) is 0 Å². The molecule has 0 aromatic carbocycles. The van der Waals surface area contributed by atoms with Crippen LogP contribution in [0.2, 0.25) is 0 Å². The molecule has 2 N–H and O–H groups in total. The Balaban J connectivity index is 1.65. The summed E-state index contributed by atoms with van der Waals surface area (Å²) in [4.78, 5) is 13.8. The predicted octanol–water partition coefficient (Wildman–Crippen LogP) is 1.45. The van der Waals surface area contributed by atoms with Gasteiger partial charge in [-0.15, -0.1) is 0 Å². The van der Waals surface area contributed by atoms with Crippen LogP contribution in [0.25, 0.3) is 0 Å². The molecule has 23 heavy (non-hydrogen) atoms. The number of hydrogen-bond donors (Lipinski definition) is 2. The highest BCUT2D eigenvalue weighted by molar-refractivity contribution is 5.77. The smallest absolute Gasteiger partial charge is 0.391 e. The molecule has 0 aromatic rings. The molecular weight excluding hydrogens is 313 g/mol. The summed E-state index contributed by atoms with van der Waals surface area (Å²) in [5.41, 5.74) is 0. The fraction of sp³-hybridized carbons (Fsp3) is 0.933. The van der Waals surface area contributed by atoms with Crippen LogP contribution in [0.15, 0.2) is 0 Å². The Hall–Kier alpha value is -0.860. The van der Waals surface area contributed by atoms with Crippen LogP contribution in [0.3, 0.4) is 0 Å². The predicted molar refractivity (Wildman–Crippen MR) is 77.9 cm³/mol. The third-order valence-electron chi connectivity index (χ3n) is 4.56. The molecule has 5 nitrogen and oxygen atoms in total. The second-order valence-corrected chi connectivity index (χ2v) is 6.40. The molecule has 2 fully saturated rings. The van der Waals surface area contributed by atoms with Gasteiger partial charge in [-0.25, -0.2) is 0 Å². The minimum absolute atomic E-state index is 0.0334. The molecule has 2 atom stereocenters. The van der Waals surface area contributed by atoms with Gasteiger partial charge in [-0.3, -0.25) is 9.69 Å².